The lowest BCUT2D eigenvalue weighted by atomic mass is 10.7. The molecule has 0 aliphatic heterocycles. The van der Waals surface area contributed by atoms with Crippen LogP contribution < -0.4 is 10.6 Å². The average Bonchev–Trinajstić information content (AvgIpc) is 2.57. The van der Waals surface area contributed by atoms with Gasteiger partial charge in [-0.15, -0.1) is 10.2 Å². The van der Waals surface area contributed by atoms with Gasteiger partial charge >= 0.3 is 6.03 Å². The van der Waals surface area contributed by atoms with Crippen molar-refractivity contribution in [1.29, 1.82) is 0 Å². The van der Waals surface area contributed by atoms with Gasteiger partial charge in [-0.05, 0) is 0 Å². The van der Waals surface area contributed by atoms with E-state index in [1.54, 1.807) is 12.6 Å². The van der Waals surface area contributed by atoms with E-state index in [0.717, 1.165) is 0 Å². The molecule has 0 fully saturated rings. The molecule has 2 amide bonds. The molecule has 1 heterocycles. The SMILES string of the molecule is COCCNC(=O)Nc1nncs1. The second-order valence-corrected chi connectivity index (χ2v) is 2.95. The minimum absolute atomic E-state index is 0.297. The van der Waals surface area contributed by atoms with Gasteiger partial charge in [0, 0.05) is 13.7 Å². The Hall–Kier alpha value is -1.21. The summed E-state index contributed by atoms with van der Waals surface area (Å²) in [4.78, 5) is 11.0. The first-order chi connectivity index (χ1) is 6.33. The Bertz CT molecular complexity index is 251. The molecular formula is C6H10N4O2S. The number of carbonyl (C=O) groups is 1. The third kappa shape index (κ3) is 3.81. The van der Waals surface area contributed by atoms with Crippen LogP contribution in [0.25, 0.3) is 0 Å². The van der Waals surface area contributed by atoms with Crippen LogP contribution >= 0.6 is 11.3 Å². The Balaban J connectivity index is 2.18. The predicted octanol–water partition coefficient (Wildman–Crippen LogP) is 0.306. The molecule has 2 N–H and O–H groups in total. The number of hydrogen-bond donors (Lipinski definition) is 2. The number of ether oxygens (including phenoxy) is 1. The van der Waals surface area contributed by atoms with Gasteiger partial charge in [0.25, 0.3) is 0 Å². The highest BCUT2D eigenvalue weighted by atomic mass is 32.1. The van der Waals surface area contributed by atoms with Gasteiger partial charge in [-0.1, -0.05) is 11.3 Å². The summed E-state index contributed by atoms with van der Waals surface area (Å²) in [6.45, 7) is 0.963. The number of urea groups is 1. The van der Waals surface area contributed by atoms with Crippen molar-refractivity contribution in [2.75, 3.05) is 25.6 Å². The Labute approximate surface area is 79.3 Å². The van der Waals surface area contributed by atoms with Crippen molar-refractivity contribution in [1.82, 2.24) is 15.5 Å². The quantitative estimate of drug-likeness (QED) is 0.689. The molecule has 1 aromatic heterocycles. The zero-order valence-electron chi connectivity index (χ0n) is 7.11. The van der Waals surface area contributed by atoms with E-state index in [1.165, 1.54) is 11.3 Å². The first-order valence-electron chi connectivity index (χ1n) is 3.63. The normalized spacial score (nSPS) is 9.62. The van der Waals surface area contributed by atoms with Gasteiger partial charge in [0.15, 0.2) is 0 Å². The van der Waals surface area contributed by atoms with E-state index in [4.69, 9.17) is 4.74 Å². The number of hydrogen-bond acceptors (Lipinski definition) is 5. The predicted molar refractivity (Wildman–Crippen MR) is 48.8 cm³/mol. The highest BCUT2D eigenvalue weighted by Gasteiger charge is 2.01. The molecular weight excluding hydrogens is 192 g/mol. The van der Waals surface area contributed by atoms with Gasteiger partial charge in [-0.2, -0.15) is 0 Å². The van der Waals surface area contributed by atoms with Gasteiger partial charge in [-0.25, -0.2) is 4.79 Å². The largest absolute Gasteiger partial charge is 0.383 e. The fraction of sp³-hybridized carbons (Fsp3) is 0.500. The summed E-state index contributed by atoms with van der Waals surface area (Å²) in [6.07, 6.45) is 0. The molecule has 0 bridgehead atoms. The zero-order chi connectivity index (χ0) is 9.52. The molecule has 0 radical (unpaired) electrons. The molecule has 0 aromatic carbocycles. The van der Waals surface area contributed by atoms with Crippen LogP contribution in [-0.2, 0) is 4.74 Å². The summed E-state index contributed by atoms with van der Waals surface area (Å²) in [5, 5.41) is 12.8. The third-order valence-electron chi connectivity index (χ3n) is 1.17. The molecule has 72 valence electrons. The second kappa shape index (κ2) is 5.44. The van der Waals surface area contributed by atoms with Crippen LogP contribution in [0.1, 0.15) is 0 Å². The number of nitrogens with one attached hydrogen (secondary N) is 2. The van der Waals surface area contributed by atoms with Crippen molar-refractivity contribution in [2.45, 2.75) is 0 Å². The van der Waals surface area contributed by atoms with Crippen LogP contribution in [0, 0.1) is 0 Å². The Kier molecular flexibility index (Phi) is 4.13. The molecule has 6 nitrogen and oxygen atoms in total. The van der Waals surface area contributed by atoms with E-state index in [2.05, 4.69) is 20.8 Å². The zero-order valence-corrected chi connectivity index (χ0v) is 7.93. The minimum atomic E-state index is -0.297. The first-order valence-corrected chi connectivity index (χ1v) is 4.51. The Morgan fingerprint density at radius 3 is 3.23 bits per heavy atom. The van der Waals surface area contributed by atoms with Crippen LogP contribution in [0.15, 0.2) is 5.51 Å². The molecule has 0 atom stereocenters. The lowest BCUT2D eigenvalue weighted by Crippen LogP contribution is -2.31. The van der Waals surface area contributed by atoms with Crippen molar-refractivity contribution >= 4 is 22.5 Å². The van der Waals surface area contributed by atoms with Crippen LogP contribution in [0.5, 0.6) is 0 Å². The maximum atomic E-state index is 11.0. The van der Waals surface area contributed by atoms with Gasteiger partial charge in [0.05, 0.1) is 6.61 Å². The number of anilines is 1. The van der Waals surface area contributed by atoms with Crippen molar-refractivity contribution in [2.24, 2.45) is 0 Å². The lowest BCUT2D eigenvalue weighted by Gasteiger charge is -2.03. The molecule has 0 saturated heterocycles. The number of carbonyl (C=O) groups excluding carboxylic acids is 1. The van der Waals surface area contributed by atoms with E-state index in [0.29, 0.717) is 18.3 Å². The smallest absolute Gasteiger partial charge is 0.321 e. The van der Waals surface area contributed by atoms with Crippen molar-refractivity contribution in [3.05, 3.63) is 5.51 Å². The summed E-state index contributed by atoms with van der Waals surface area (Å²) >= 11 is 1.27. The van der Waals surface area contributed by atoms with Crippen molar-refractivity contribution in [3.8, 4) is 0 Å². The van der Waals surface area contributed by atoms with E-state index >= 15 is 0 Å². The first kappa shape index (κ1) is 9.87. The van der Waals surface area contributed by atoms with Gasteiger partial charge in [0.2, 0.25) is 5.13 Å². The monoisotopic (exact) mass is 202 g/mol. The molecule has 0 saturated carbocycles. The minimum Gasteiger partial charge on any atom is -0.383 e. The molecule has 1 rings (SSSR count). The number of methoxy groups -OCH3 is 1. The maximum Gasteiger partial charge on any atom is 0.321 e. The number of aromatic nitrogens is 2. The summed E-state index contributed by atoms with van der Waals surface area (Å²) < 4.78 is 4.76. The van der Waals surface area contributed by atoms with E-state index in [1.807, 2.05) is 0 Å². The number of nitrogens with zero attached hydrogens (tertiary/aromatic N) is 2. The lowest BCUT2D eigenvalue weighted by molar-refractivity contribution is 0.198. The van der Waals surface area contributed by atoms with E-state index < -0.39 is 0 Å². The highest BCUT2D eigenvalue weighted by Crippen LogP contribution is 2.06. The molecule has 13 heavy (non-hydrogen) atoms. The summed E-state index contributed by atoms with van der Waals surface area (Å²) in [7, 11) is 1.57. The molecule has 0 spiro atoms. The molecule has 0 aliphatic rings. The number of amides is 2. The summed E-state index contributed by atoms with van der Waals surface area (Å²) in [5.41, 5.74) is 1.55. The summed E-state index contributed by atoms with van der Waals surface area (Å²) in [5.74, 6) is 0. The summed E-state index contributed by atoms with van der Waals surface area (Å²) in [6, 6.07) is -0.297. The van der Waals surface area contributed by atoms with Crippen LogP contribution in [0.2, 0.25) is 0 Å². The van der Waals surface area contributed by atoms with Crippen molar-refractivity contribution in [3.63, 3.8) is 0 Å². The second-order valence-electron chi connectivity index (χ2n) is 2.12. The van der Waals surface area contributed by atoms with E-state index in [9.17, 15) is 4.79 Å². The number of rotatable bonds is 4. The Morgan fingerprint density at radius 1 is 1.77 bits per heavy atom. The maximum absolute atomic E-state index is 11.0. The third-order valence-corrected chi connectivity index (χ3v) is 1.78. The van der Waals surface area contributed by atoms with Crippen LogP contribution in [0.4, 0.5) is 9.93 Å². The van der Waals surface area contributed by atoms with Gasteiger partial charge in [-0.3, -0.25) is 5.32 Å². The molecule has 0 aliphatic carbocycles. The fourth-order valence-corrected chi connectivity index (χ4v) is 1.08. The van der Waals surface area contributed by atoms with Crippen LogP contribution in [0.3, 0.4) is 0 Å². The fourth-order valence-electron chi connectivity index (χ4n) is 0.635. The molecule has 7 heteroatoms. The Morgan fingerprint density at radius 2 is 2.62 bits per heavy atom. The molecule has 0 unspecified atom stereocenters. The van der Waals surface area contributed by atoms with E-state index in [-0.39, 0.29) is 6.03 Å². The van der Waals surface area contributed by atoms with Gasteiger partial charge in [0.1, 0.15) is 5.51 Å². The highest BCUT2D eigenvalue weighted by molar-refractivity contribution is 7.13. The standard InChI is InChI=1S/C6H10N4O2S/c1-12-3-2-7-5(11)9-6-10-8-4-13-6/h4H,2-3H2,1H3,(H2,7,9,10,11). The van der Waals surface area contributed by atoms with Gasteiger partial charge < -0.3 is 10.1 Å². The van der Waals surface area contributed by atoms with Crippen molar-refractivity contribution < 1.29 is 9.53 Å². The molecule has 1 aromatic rings. The topological polar surface area (TPSA) is 76.1 Å². The van der Waals surface area contributed by atoms with Crippen LogP contribution in [-0.4, -0.2) is 36.5 Å². The average molecular weight is 202 g/mol.